The van der Waals surface area contributed by atoms with E-state index in [9.17, 15) is 0 Å². The lowest BCUT2D eigenvalue weighted by molar-refractivity contribution is 0.981. The molecule has 1 heterocycles. The lowest BCUT2D eigenvalue weighted by Gasteiger charge is -2.09. The Morgan fingerprint density at radius 1 is 0.800 bits per heavy atom. The zero-order chi connectivity index (χ0) is 10.8. The molecule has 0 saturated heterocycles. The molecule has 76 valence electrons. The molecule has 0 radical (unpaired) electrons. The average molecular weight is 198 g/mol. The van der Waals surface area contributed by atoms with Crippen molar-refractivity contribution in [2.24, 2.45) is 0 Å². The number of benzene rings is 1. The van der Waals surface area contributed by atoms with Gasteiger partial charge >= 0.3 is 0 Å². The maximum absolute atomic E-state index is 4.40. The largest absolute Gasteiger partial charge is 0.238 e. The minimum atomic E-state index is 0.838. The molecule has 1 aromatic carbocycles. The highest BCUT2D eigenvalue weighted by Crippen LogP contribution is 2.24. The standard InChI is InChI=1S/C13H14N2/c1-9-13(10(2)15-11(3)14-9)12-7-5-4-6-8-12/h4-8H,1-3H3. The zero-order valence-corrected chi connectivity index (χ0v) is 9.28. The first-order valence-electron chi connectivity index (χ1n) is 5.06. The summed E-state index contributed by atoms with van der Waals surface area (Å²) in [6, 6.07) is 10.3. The highest BCUT2D eigenvalue weighted by atomic mass is 14.9. The van der Waals surface area contributed by atoms with Crippen molar-refractivity contribution in [3.63, 3.8) is 0 Å². The summed E-state index contributed by atoms with van der Waals surface area (Å²) < 4.78 is 0. The highest BCUT2D eigenvalue weighted by molar-refractivity contribution is 5.67. The molecule has 2 rings (SSSR count). The normalized spacial score (nSPS) is 10.3. The first kappa shape index (κ1) is 9.84. The van der Waals surface area contributed by atoms with Crippen molar-refractivity contribution in [2.45, 2.75) is 20.8 Å². The molecule has 0 amide bonds. The van der Waals surface area contributed by atoms with Crippen LogP contribution in [0, 0.1) is 20.8 Å². The van der Waals surface area contributed by atoms with Gasteiger partial charge in [0.25, 0.3) is 0 Å². The van der Waals surface area contributed by atoms with E-state index >= 15 is 0 Å². The van der Waals surface area contributed by atoms with Crippen LogP contribution in [0.2, 0.25) is 0 Å². The fourth-order valence-electron chi connectivity index (χ4n) is 1.91. The van der Waals surface area contributed by atoms with Gasteiger partial charge in [0.15, 0.2) is 0 Å². The van der Waals surface area contributed by atoms with Gasteiger partial charge in [-0.25, -0.2) is 9.97 Å². The summed E-state index contributed by atoms with van der Waals surface area (Å²) in [6.45, 7) is 5.99. The maximum Gasteiger partial charge on any atom is 0.125 e. The minimum Gasteiger partial charge on any atom is -0.238 e. The van der Waals surface area contributed by atoms with Crippen molar-refractivity contribution in [3.05, 3.63) is 47.5 Å². The van der Waals surface area contributed by atoms with Gasteiger partial charge in [-0.05, 0) is 26.3 Å². The highest BCUT2D eigenvalue weighted by Gasteiger charge is 2.07. The Hall–Kier alpha value is -1.70. The minimum absolute atomic E-state index is 0.838. The second kappa shape index (κ2) is 3.81. The van der Waals surface area contributed by atoms with Crippen molar-refractivity contribution in [1.29, 1.82) is 0 Å². The first-order valence-corrected chi connectivity index (χ1v) is 5.06. The molecule has 2 nitrogen and oxygen atoms in total. The van der Waals surface area contributed by atoms with Crippen molar-refractivity contribution < 1.29 is 0 Å². The van der Waals surface area contributed by atoms with Crippen LogP contribution in [-0.2, 0) is 0 Å². The third-order valence-corrected chi connectivity index (χ3v) is 2.45. The smallest absolute Gasteiger partial charge is 0.125 e. The quantitative estimate of drug-likeness (QED) is 0.703. The maximum atomic E-state index is 4.40. The Balaban J connectivity index is 2.64. The molecule has 0 aliphatic heterocycles. The molecule has 0 bridgehead atoms. The predicted octanol–water partition coefficient (Wildman–Crippen LogP) is 3.07. The summed E-state index contributed by atoms with van der Waals surface area (Å²) >= 11 is 0. The molecule has 0 saturated carbocycles. The first-order chi connectivity index (χ1) is 7.18. The van der Waals surface area contributed by atoms with Crippen LogP contribution in [0.25, 0.3) is 11.1 Å². The number of aromatic nitrogens is 2. The summed E-state index contributed by atoms with van der Waals surface area (Å²) in [5.41, 5.74) is 4.44. The van der Waals surface area contributed by atoms with Crippen LogP contribution in [0.15, 0.2) is 30.3 Å². The monoisotopic (exact) mass is 198 g/mol. The van der Waals surface area contributed by atoms with Gasteiger partial charge in [0.05, 0.1) is 0 Å². The molecule has 2 heteroatoms. The Labute approximate surface area is 90.0 Å². The van der Waals surface area contributed by atoms with Gasteiger partial charge in [0.1, 0.15) is 5.82 Å². The fourth-order valence-corrected chi connectivity index (χ4v) is 1.91. The van der Waals surface area contributed by atoms with Crippen LogP contribution < -0.4 is 0 Å². The van der Waals surface area contributed by atoms with Crippen LogP contribution in [-0.4, -0.2) is 9.97 Å². The fraction of sp³-hybridized carbons (Fsp3) is 0.231. The molecule has 1 aromatic heterocycles. The third-order valence-electron chi connectivity index (χ3n) is 2.45. The number of rotatable bonds is 1. The van der Waals surface area contributed by atoms with Gasteiger partial charge in [-0.3, -0.25) is 0 Å². The average Bonchev–Trinajstić information content (AvgIpc) is 2.17. The molecule has 0 aliphatic rings. The number of nitrogens with zero attached hydrogens (tertiary/aromatic N) is 2. The third kappa shape index (κ3) is 1.89. The van der Waals surface area contributed by atoms with Crippen LogP contribution in [0.1, 0.15) is 17.2 Å². The summed E-state index contributed by atoms with van der Waals surface area (Å²) in [7, 11) is 0. The van der Waals surface area contributed by atoms with Crippen LogP contribution in [0.3, 0.4) is 0 Å². The number of hydrogen-bond acceptors (Lipinski definition) is 2. The van der Waals surface area contributed by atoms with E-state index in [0.717, 1.165) is 22.8 Å². The molecular weight excluding hydrogens is 184 g/mol. The lowest BCUT2D eigenvalue weighted by atomic mass is 10.0. The van der Waals surface area contributed by atoms with Crippen molar-refractivity contribution in [2.75, 3.05) is 0 Å². The molecule has 15 heavy (non-hydrogen) atoms. The zero-order valence-electron chi connectivity index (χ0n) is 9.28. The van der Waals surface area contributed by atoms with Crippen molar-refractivity contribution >= 4 is 0 Å². The van der Waals surface area contributed by atoms with Gasteiger partial charge in [-0.1, -0.05) is 30.3 Å². The van der Waals surface area contributed by atoms with E-state index in [0.29, 0.717) is 0 Å². The summed E-state index contributed by atoms with van der Waals surface area (Å²) in [4.78, 5) is 8.80. The Kier molecular flexibility index (Phi) is 2.50. The summed E-state index contributed by atoms with van der Waals surface area (Å²) in [5, 5.41) is 0. The second-order valence-electron chi connectivity index (χ2n) is 3.68. The van der Waals surface area contributed by atoms with E-state index < -0.39 is 0 Å². The molecular formula is C13H14N2. The van der Waals surface area contributed by atoms with Crippen molar-refractivity contribution in [3.8, 4) is 11.1 Å². The molecule has 0 atom stereocenters. The molecule has 0 spiro atoms. The van der Waals surface area contributed by atoms with E-state index in [1.807, 2.05) is 39.0 Å². The second-order valence-corrected chi connectivity index (χ2v) is 3.68. The molecule has 0 fully saturated rings. The van der Waals surface area contributed by atoms with E-state index in [2.05, 4.69) is 22.1 Å². The predicted molar refractivity (Wildman–Crippen MR) is 61.7 cm³/mol. The Bertz CT molecular complexity index is 452. The van der Waals surface area contributed by atoms with Crippen LogP contribution in [0.5, 0.6) is 0 Å². The van der Waals surface area contributed by atoms with E-state index in [1.54, 1.807) is 0 Å². The summed E-state index contributed by atoms with van der Waals surface area (Å²) in [6.07, 6.45) is 0. The number of hydrogen-bond donors (Lipinski definition) is 0. The SMILES string of the molecule is Cc1nc(C)c(-c2ccccc2)c(C)n1. The number of aryl methyl sites for hydroxylation is 3. The van der Waals surface area contributed by atoms with Gasteiger partial charge in [-0.15, -0.1) is 0 Å². The van der Waals surface area contributed by atoms with E-state index in [4.69, 9.17) is 0 Å². The molecule has 0 N–H and O–H groups in total. The molecule has 0 aliphatic carbocycles. The van der Waals surface area contributed by atoms with Crippen LogP contribution in [0.4, 0.5) is 0 Å². The van der Waals surface area contributed by atoms with E-state index in [-0.39, 0.29) is 0 Å². The topological polar surface area (TPSA) is 25.8 Å². The summed E-state index contributed by atoms with van der Waals surface area (Å²) in [5.74, 6) is 0.838. The van der Waals surface area contributed by atoms with Gasteiger partial charge in [0, 0.05) is 17.0 Å². The Morgan fingerprint density at radius 3 is 1.87 bits per heavy atom. The Morgan fingerprint density at radius 2 is 1.33 bits per heavy atom. The van der Waals surface area contributed by atoms with Crippen molar-refractivity contribution in [1.82, 2.24) is 9.97 Å². The van der Waals surface area contributed by atoms with Gasteiger partial charge < -0.3 is 0 Å². The van der Waals surface area contributed by atoms with Crippen LogP contribution >= 0.6 is 0 Å². The van der Waals surface area contributed by atoms with E-state index in [1.165, 1.54) is 5.56 Å². The lowest BCUT2D eigenvalue weighted by Crippen LogP contribution is -1.98. The van der Waals surface area contributed by atoms with Gasteiger partial charge in [0.2, 0.25) is 0 Å². The van der Waals surface area contributed by atoms with Gasteiger partial charge in [-0.2, -0.15) is 0 Å². The molecule has 0 unspecified atom stereocenters. The molecule has 2 aromatic rings.